The fourth-order valence-electron chi connectivity index (χ4n) is 2.16. The summed E-state index contributed by atoms with van der Waals surface area (Å²) in [6, 6.07) is 0. The average Bonchev–Trinajstić information content (AvgIpc) is 2.99. The van der Waals surface area contributed by atoms with E-state index >= 15 is 0 Å². The van der Waals surface area contributed by atoms with Gasteiger partial charge in [0.25, 0.3) is 5.56 Å². The van der Waals surface area contributed by atoms with Crippen molar-refractivity contribution in [3.63, 3.8) is 0 Å². The van der Waals surface area contributed by atoms with Crippen molar-refractivity contribution in [2.45, 2.75) is 13.8 Å². The Kier molecular flexibility index (Phi) is 27.4. The second-order valence-electron chi connectivity index (χ2n) is 6.03. The number of methoxy groups -OCH3 is 4. The number of carbonyl (C=O) groups excluding carboxylic acids is 4. The third-order valence-corrected chi connectivity index (χ3v) is 3.86. The molecule has 0 spiro atoms. The van der Waals surface area contributed by atoms with Gasteiger partial charge in [0.15, 0.2) is 28.5 Å². The van der Waals surface area contributed by atoms with Gasteiger partial charge in [0, 0.05) is 31.9 Å². The van der Waals surface area contributed by atoms with Crippen molar-refractivity contribution in [1.29, 1.82) is 0 Å². The molecule has 0 unspecified atom stereocenters. The first-order chi connectivity index (χ1) is 19.1. The number of pyridine rings is 1. The number of esters is 4. The van der Waals surface area contributed by atoms with Gasteiger partial charge in [-0.25, -0.2) is 29.5 Å². The van der Waals surface area contributed by atoms with E-state index in [1.165, 1.54) is 46.1 Å². The van der Waals surface area contributed by atoms with E-state index in [-0.39, 0.29) is 66.1 Å². The van der Waals surface area contributed by atoms with Crippen LogP contribution < -0.4 is 46.0 Å². The number of aromatic nitrogens is 5. The Hall–Kier alpha value is -4.23. The maximum Gasteiger partial charge on any atom is 1.00 e. The summed E-state index contributed by atoms with van der Waals surface area (Å²) in [6.45, 7) is 0. The molecule has 0 aromatic carbocycles. The van der Waals surface area contributed by atoms with Crippen molar-refractivity contribution in [3.8, 4) is 5.75 Å². The average molecular weight is 609 g/mol. The summed E-state index contributed by atoms with van der Waals surface area (Å²) in [5, 5.41) is 25.0. The molecule has 18 nitrogen and oxygen atoms in total. The zero-order valence-corrected chi connectivity index (χ0v) is 25.4. The first-order valence-electron chi connectivity index (χ1n) is 10.4. The van der Waals surface area contributed by atoms with Crippen LogP contribution >= 0.6 is 0 Å². The molecule has 0 aliphatic carbocycles. The molecule has 3 aromatic heterocycles. The number of ether oxygens (including phenoxy) is 4. The number of rotatable bonds is 4. The van der Waals surface area contributed by atoms with E-state index < -0.39 is 40.7 Å². The minimum Gasteiger partial charge on any atom is -0.857 e. The number of nitrogens with two attached hydrogens (primary N) is 1. The van der Waals surface area contributed by atoms with Crippen LogP contribution in [0, 0.1) is 0 Å². The summed E-state index contributed by atoms with van der Waals surface area (Å²) < 4.78 is 17.1. The topological polar surface area (TPSA) is 279 Å². The number of hydrogen-bond acceptors (Lipinski definition) is 17. The number of nitrogens with zero attached hydrogens (tertiary/aromatic N) is 4. The second-order valence-corrected chi connectivity index (χ2v) is 6.03. The smallest absolute Gasteiger partial charge is 0.857 e. The molecule has 0 aliphatic heterocycles. The van der Waals surface area contributed by atoms with E-state index in [0.717, 1.165) is 21.3 Å². The Morgan fingerprint density at radius 1 is 0.833 bits per heavy atom. The molecule has 3 rings (SSSR count). The minimum atomic E-state index is -0.925. The predicted octanol–water partition coefficient (Wildman–Crippen LogP) is -4.40. The summed E-state index contributed by atoms with van der Waals surface area (Å²) in [6.07, 6.45) is 5.16. The Balaban J connectivity index is -0.000000247. The summed E-state index contributed by atoms with van der Waals surface area (Å²) in [4.78, 5) is 71.3. The molecular formula is C23H33N6NaO12. The molecule has 0 saturated carbocycles. The summed E-state index contributed by atoms with van der Waals surface area (Å²) >= 11 is 0. The van der Waals surface area contributed by atoms with Crippen molar-refractivity contribution < 1.29 is 83.0 Å². The standard InChI is InChI=1S/C9H7N3O4.C6H7N3O2.C5H8O4.CH4O.CH3O.CH4.Na/c1-16-9(15)4-6(13)5-7(12-8(4)14)11-3-2-10-5;1-11-6(10)4-5(7)9-3-2-8-4;1-8-4(6)3-5(7)9-2;2*1-2;;/h2-3H,1H3,(H2,11,12,13,14);2-3H,1H3,(H2,7,9);3H2,1-2H3;2H,1H3;1H3;1H4;/q;;;;-1;;+1. The fraction of sp³-hybridized carbons (Fsp3) is 0.348. The third kappa shape index (κ3) is 15.0. The predicted molar refractivity (Wildman–Crippen MR) is 140 cm³/mol. The van der Waals surface area contributed by atoms with E-state index in [0.29, 0.717) is 0 Å². The first kappa shape index (κ1) is 44.8. The molecule has 0 bridgehead atoms. The maximum absolute atomic E-state index is 11.5. The minimum absolute atomic E-state index is 0. The second kappa shape index (κ2) is 25.7. The van der Waals surface area contributed by atoms with E-state index in [1.54, 1.807) is 0 Å². The molecule has 19 heteroatoms. The van der Waals surface area contributed by atoms with Crippen molar-refractivity contribution in [2.75, 3.05) is 48.4 Å². The molecule has 0 amide bonds. The summed E-state index contributed by atoms with van der Waals surface area (Å²) in [7, 11) is 6.55. The Labute approximate surface area is 262 Å². The number of fused-ring (bicyclic) bond motifs is 1. The zero-order chi connectivity index (χ0) is 31.3. The number of anilines is 1. The van der Waals surface area contributed by atoms with Crippen LogP contribution in [-0.4, -0.2) is 102 Å². The quantitative estimate of drug-likeness (QED) is 0.0941. The summed E-state index contributed by atoms with van der Waals surface area (Å²) in [5.41, 5.74) is 4.28. The van der Waals surface area contributed by atoms with Gasteiger partial charge in [-0.05, 0) is 0 Å². The van der Waals surface area contributed by atoms with Gasteiger partial charge < -0.3 is 45.0 Å². The van der Waals surface area contributed by atoms with Crippen LogP contribution in [-0.2, 0) is 28.5 Å². The number of aromatic amines is 1. The van der Waals surface area contributed by atoms with Crippen LogP contribution in [0.15, 0.2) is 29.6 Å². The van der Waals surface area contributed by atoms with Gasteiger partial charge in [0.05, 0.1) is 28.4 Å². The number of aliphatic hydroxyl groups excluding tert-OH is 1. The largest absolute Gasteiger partial charge is 1.00 e. The molecule has 0 saturated heterocycles. The molecule has 3 heterocycles. The molecule has 42 heavy (non-hydrogen) atoms. The van der Waals surface area contributed by atoms with Crippen LogP contribution in [0.1, 0.15) is 34.7 Å². The van der Waals surface area contributed by atoms with Crippen LogP contribution in [0.4, 0.5) is 5.82 Å². The van der Waals surface area contributed by atoms with E-state index in [2.05, 4.69) is 43.9 Å². The van der Waals surface area contributed by atoms with Crippen LogP contribution in [0.3, 0.4) is 0 Å². The molecule has 3 aromatic rings. The molecule has 0 radical (unpaired) electrons. The van der Waals surface area contributed by atoms with E-state index in [4.69, 9.17) is 15.9 Å². The van der Waals surface area contributed by atoms with Gasteiger partial charge >= 0.3 is 53.4 Å². The van der Waals surface area contributed by atoms with Crippen molar-refractivity contribution in [2.24, 2.45) is 0 Å². The monoisotopic (exact) mass is 608 g/mol. The van der Waals surface area contributed by atoms with Crippen molar-refractivity contribution in [3.05, 3.63) is 46.4 Å². The van der Waals surface area contributed by atoms with E-state index in [1.807, 2.05) is 0 Å². The van der Waals surface area contributed by atoms with Gasteiger partial charge in [-0.1, -0.05) is 7.43 Å². The van der Waals surface area contributed by atoms with Crippen LogP contribution in [0.5, 0.6) is 5.75 Å². The van der Waals surface area contributed by atoms with Crippen LogP contribution in [0.2, 0.25) is 0 Å². The van der Waals surface area contributed by atoms with Gasteiger partial charge in [0.2, 0.25) is 0 Å². The molecule has 0 fully saturated rings. The molecule has 0 aliphatic rings. The van der Waals surface area contributed by atoms with Gasteiger partial charge in [-0.3, -0.25) is 14.4 Å². The van der Waals surface area contributed by atoms with Gasteiger partial charge in [-0.2, -0.15) is 7.11 Å². The summed E-state index contributed by atoms with van der Waals surface area (Å²) in [5.74, 6) is -3.11. The molecule has 0 atom stereocenters. The van der Waals surface area contributed by atoms with E-state index in [9.17, 15) is 29.1 Å². The number of carbonyl (C=O) groups is 4. The van der Waals surface area contributed by atoms with Crippen molar-refractivity contribution in [1.82, 2.24) is 24.9 Å². The Bertz CT molecular complexity index is 1290. The number of H-pyrrole nitrogens is 1. The Morgan fingerprint density at radius 2 is 1.29 bits per heavy atom. The van der Waals surface area contributed by atoms with Crippen LogP contribution in [0.25, 0.3) is 11.2 Å². The SMILES string of the molecule is C.CO.COC(=O)CC(=O)OC.COC(=O)c1c(O)c2nccnc2[nH]c1=O.COC(=O)c1nccnc1N.C[O-].[Na+]. The van der Waals surface area contributed by atoms with Gasteiger partial charge in [-0.15, -0.1) is 0 Å². The van der Waals surface area contributed by atoms with Crippen molar-refractivity contribution >= 4 is 40.9 Å². The fourth-order valence-corrected chi connectivity index (χ4v) is 2.16. The molecule has 5 N–H and O–H groups in total. The number of hydrogen-bond donors (Lipinski definition) is 4. The zero-order valence-electron chi connectivity index (χ0n) is 23.4. The molecule has 228 valence electrons. The number of nitrogens with one attached hydrogen (secondary N) is 1. The Morgan fingerprint density at radius 3 is 1.74 bits per heavy atom. The van der Waals surface area contributed by atoms with Gasteiger partial charge in [0.1, 0.15) is 11.9 Å². The number of nitrogen functional groups attached to an aromatic ring is 1. The normalized spacial score (nSPS) is 8.38. The maximum atomic E-state index is 11.5. The molecular weight excluding hydrogens is 575 g/mol. The first-order valence-corrected chi connectivity index (χ1v) is 10.4. The number of aromatic hydroxyl groups is 1. The number of aliphatic hydroxyl groups is 1. The third-order valence-electron chi connectivity index (χ3n) is 3.86.